The lowest BCUT2D eigenvalue weighted by Crippen LogP contribution is -2.33. The zero-order chi connectivity index (χ0) is 53.3. The number of carbonyl (C=O) groups is 7. The number of hydrogen-bond donors (Lipinski definition) is 0. The Labute approximate surface area is 435 Å². The average molecular weight is 1030 g/mol. The molecule has 0 bridgehead atoms. The molecule has 0 aromatic carbocycles. The van der Waals surface area contributed by atoms with Crippen LogP contribution in [0, 0.1) is 0 Å². The number of esters is 6. The molecule has 0 rings (SSSR count). The molecule has 72 heavy (non-hydrogen) atoms. The molecule has 0 radical (unpaired) electrons. The summed E-state index contributed by atoms with van der Waals surface area (Å²) >= 11 is 0. The predicted octanol–water partition coefficient (Wildman–Crippen LogP) is 11.6. The molecule has 420 valence electrons. The first-order valence-electron chi connectivity index (χ1n) is 28.4. The van der Waals surface area contributed by atoms with Gasteiger partial charge in [0.1, 0.15) is 26.4 Å². The standard InChI is InChI=1S/C56H102N2O14/c1-7-11-15-19-23-27-34-50(59)66-44-48(45-67-51(60)35-28-24-20-16-12-8-2)70-54(63)38-32-42-58(72-56(65)40-31-41-57(5)6)43-33-39-55(64)71-49(46-68-52(61)36-29-25-21-17-13-9-3)47-69-53(62)37-30-26-22-18-14-10-4/h48-49H,7-47H2,1-6H3. The van der Waals surface area contributed by atoms with Crippen molar-refractivity contribution in [3.8, 4) is 0 Å². The smallest absolute Gasteiger partial charge is 0.325 e. The lowest BCUT2D eigenvalue weighted by atomic mass is 10.1. The maximum absolute atomic E-state index is 13.2. The molecule has 0 heterocycles. The third-order valence-corrected chi connectivity index (χ3v) is 12.0. The Kier molecular flexibility index (Phi) is 46.8. The highest BCUT2D eigenvalue weighted by molar-refractivity contribution is 5.72. The summed E-state index contributed by atoms with van der Waals surface area (Å²) in [6.45, 7) is 8.57. The van der Waals surface area contributed by atoms with Crippen LogP contribution in [0.5, 0.6) is 0 Å². The van der Waals surface area contributed by atoms with Crippen molar-refractivity contribution in [1.82, 2.24) is 9.96 Å². The number of hydroxylamine groups is 2. The van der Waals surface area contributed by atoms with Crippen LogP contribution in [0.25, 0.3) is 0 Å². The molecular weight excluding hydrogens is 925 g/mol. The first kappa shape index (κ1) is 68.2. The Morgan fingerprint density at radius 2 is 0.556 bits per heavy atom. The van der Waals surface area contributed by atoms with E-state index >= 15 is 0 Å². The second-order valence-electron chi connectivity index (χ2n) is 19.5. The van der Waals surface area contributed by atoms with Gasteiger partial charge in [-0.15, -0.1) is 5.06 Å². The molecule has 0 saturated carbocycles. The Morgan fingerprint density at radius 1 is 0.306 bits per heavy atom. The SMILES string of the molecule is CCCCCCCCC(=O)OCC(COC(=O)CCCCCCCC)OC(=O)CCCN(CCCC(=O)OC(COC(=O)CCCCCCCC)COC(=O)CCCCCCCC)OC(=O)CCCN(C)C. The van der Waals surface area contributed by atoms with Gasteiger partial charge in [0, 0.05) is 58.0 Å². The highest BCUT2D eigenvalue weighted by Crippen LogP contribution is 2.14. The third-order valence-electron chi connectivity index (χ3n) is 12.0. The van der Waals surface area contributed by atoms with Crippen molar-refractivity contribution >= 4 is 41.8 Å². The van der Waals surface area contributed by atoms with E-state index in [1.807, 2.05) is 19.0 Å². The number of ether oxygens (including phenoxy) is 6. The van der Waals surface area contributed by atoms with Crippen LogP contribution in [0.15, 0.2) is 0 Å². The molecule has 0 N–H and O–H groups in total. The molecule has 16 nitrogen and oxygen atoms in total. The second kappa shape index (κ2) is 49.4. The van der Waals surface area contributed by atoms with Crippen molar-refractivity contribution in [2.24, 2.45) is 0 Å². The van der Waals surface area contributed by atoms with Crippen molar-refractivity contribution in [2.75, 3.05) is 60.2 Å². The van der Waals surface area contributed by atoms with Gasteiger partial charge in [-0.05, 0) is 65.6 Å². The Bertz CT molecular complexity index is 1240. The highest BCUT2D eigenvalue weighted by atomic mass is 16.7. The van der Waals surface area contributed by atoms with Crippen molar-refractivity contribution in [2.45, 2.75) is 258 Å². The fourth-order valence-corrected chi connectivity index (χ4v) is 7.68. The van der Waals surface area contributed by atoms with Crippen LogP contribution < -0.4 is 0 Å². The van der Waals surface area contributed by atoms with Gasteiger partial charge in [-0.2, -0.15) is 0 Å². The molecule has 0 aliphatic rings. The lowest BCUT2D eigenvalue weighted by Gasteiger charge is -2.22. The molecule has 0 aliphatic heterocycles. The fraction of sp³-hybridized carbons (Fsp3) is 0.875. The molecule has 0 saturated heterocycles. The van der Waals surface area contributed by atoms with E-state index in [9.17, 15) is 33.6 Å². The van der Waals surface area contributed by atoms with Gasteiger partial charge in [0.25, 0.3) is 0 Å². The van der Waals surface area contributed by atoms with Crippen molar-refractivity contribution in [3.05, 3.63) is 0 Å². The second-order valence-corrected chi connectivity index (χ2v) is 19.5. The van der Waals surface area contributed by atoms with E-state index in [2.05, 4.69) is 27.7 Å². The Balaban J connectivity index is 5.55. The summed E-state index contributed by atoms with van der Waals surface area (Å²) in [5, 5.41) is 1.41. The summed E-state index contributed by atoms with van der Waals surface area (Å²) in [4.78, 5) is 97.2. The van der Waals surface area contributed by atoms with E-state index in [4.69, 9.17) is 33.3 Å². The number of carbonyl (C=O) groups excluding carboxylic acids is 7. The summed E-state index contributed by atoms with van der Waals surface area (Å²) in [5.41, 5.74) is 0. The van der Waals surface area contributed by atoms with Crippen LogP contribution in [-0.4, -0.2) is 124 Å². The minimum atomic E-state index is -0.993. The van der Waals surface area contributed by atoms with E-state index in [1.54, 1.807) is 0 Å². The molecule has 0 aromatic heterocycles. The molecule has 0 unspecified atom stereocenters. The van der Waals surface area contributed by atoms with Crippen LogP contribution in [0.4, 0.5) is 0 Å². The highest BCUT2D eigenvalue weighted by Gasteiger charge is 2.23. The van der Waals surface area contributed by atoms with E-state index < -0.39 is 54.0 Å². The fourth-order valence-electron chi connectivity index (χ4n) is 7.68. The summed E-state index contributed by atoms with van der Waals surface area (Å²) in [6.07, 6.45) is 24.4. The Morgan fingerprint density at radius 3 is 0.847 bits per heavy atom. The van der Waals surface area contributed by atoms with Crippen molar-refractivity contribution in [1.29, 1.82) is 0 Å². The largest absolute Gasteiger partial charge is 0.462 e. The summed E-state index contributed by atoms with van der Waals surface area (Å²) in [5.74, 6) is -3.29. The van der Waals surface area contributed by atoms with Gasteiger partial charge < -0.3 is 38.2 Å². The first-order valence-corrected chi connectivity index (χ1v) is 28.4. The molecule has 0 amide bonds. The molecule has 0 aromatic rings. The predicted molar refractivity (Wildman–Crippen MR) is 279 cm³/mol. The van der Waals surface area contributed by atoms with Gasteiger partial charge in [-0.25, -0.2) is 0 Å². The molecule has 0 fully saturated rings. The van der Waals surface area contributed by atoms with Crippen molar-refractivity contribution in [3.63, 3.8) is 0 Å². The third kappa shape index (κ3) is 46.0. The topological polar surface area (TPSA) is 191 Å². The van der Waals surface area contributed by atoms with Gasteiger partial charge >= 0.3 is 41.8 Å². The van der Waals surface area contributed by atoms with Crippen LogP contribution in [0.3, 0.4) is 0 Å². The maximum Gasteiger partial charge on any atom is 0.325 e. The summed E-state index contributed by atoms with van der Waals surface area (Å²) < 4.78 is 33.2. The molecular formula is C56H102N2O14. The molecule has 0 spiro atoms. The molecule has 16 heteroatoms. The number of hydrogen-bond acceptors (Lipinski definition) is 16. The van der Waals surface area contributed by atoms with Crippen LogP contribution in [-0.2, 0) is 66.8 Å². The van der Waals surface area contributed by atoms with Gasteiger partial charge in [0.2, 0.25) is 0 Å². The van der Waals surface area contributed by atoms with Crippen LogP contribution in [0.1, 0.15) is 246 Å². The van der Waals surface area contributed by atoms with Gasteiger partial charge in [-0.3, -0.25) is 33.6 Å². The van der Waals surface area contributed by atoms with E-state index in [0.717, 1.165) is 128 Å². The first-order chi connectivity index (χ1) is 34.8. The van der Waals surface area contributed by atoms with E-state index in [1.165, 1.54) is 5.06 Å². The average Bonchev–Trinajstić information content (AvgIpc) is 3.34. The van der Waals surface area contributed by atoms with Crippen molar-refractivity contribution < 1.29 is 66.8 Å². The summed E-state index contributed by atoms with van der Waals surface area (Å²) in [7, 11) is 3.82. The summed E-state index contributed by atoms with van der Waals surface area (Å²) in [6, 6.07) is 0. The van der Waals surface area contributed by atoms with Gasteiger partial charge in [-0.1, -0.05) is 156 Å². The van der Waals surface area contributed by atoms with Crippen LogP contribution >= 0.6 is 0 Å². The zero-order valence-electron chi connectivity index (χ0n) is 46.3. The van der Waals surface area contributed by atoms with E-state index in [0.29, 0.717) is 38.6 Å². The quantitative estimate of drug-likeness (QED) is 0.0242. The maximum atomic E-state index is 13.2. The van der Waals surface area contributed by atoms with E-state index in [-0.39, 0.29) is 97.3 Å². The molecule has 0 aliphatic carbocycles. The van der Waals surface area contributed by atoms with Crippen LogP contribution in [0.2, 0.25) is 0 Å². The number of unbranched alkanes of at least 4 members (excludes halogenated alkanes) is 20. The van der Waals surface area contributed by atoms with Gasteiger partial charge in [0.05, 0.1) is 0 Å². The monoisotopic (exact) mass is 1030 g/mol. The number of nitrogens with zero attached hydrogens (tertiary/aromatic N) is 2. The minimum absolute atomic E-state index is 0.0819. The Hall–Kier alpha value is -3.79. The number of rotatable bonds is 51. The minimum Gasteiger partial charge on any atom is -0.462 e. The normalized spacial score (nSPS) is 11.3. The molecule has 0 atom stereocenters. The lowest BCUT2D eigenvalue weighted by molar-refractivity contribution is -0.192. The zero-order valence-corrected chi connectivity index (χ0v) is 46.3. The van der Waals surface area contributed by atoms with Gasteiger partial charge in [0.15, 0.2) is 12.2 Å².